The molecule has 1 heterocycles. The van der Waals surface area contributed by atoms with Crippen molar-refractivity contribution in [2.24, 2.45) is 11.1 Å². The Bertz CT molecular complexity index is 460. The van der Waals surface area contributed by atoms with Crippen molar-refractivity contribution in [1.29, 1.82) is 0 Å². The standard InChI is InChI=1S/C15H27N3O3/c1-5-20-15(8-6-14(3,4)7-9-15)13-17-12(21-18-13)11(16)10(2)19/h10-11,19H,5-9,16H2,1-4H3/t10-,11+/m1/s1. The number of hydrogen-bond acceptors (Lipinski definition) is 6. The molecule has 0 radical (unpaired) electrons. The van der Waals surface area contributed by atoms with E-state index in [1.165, 1.54) is 0 Å². The number of aliphatic hydroxyl groups is 1. The molecule has 1 saturated carbocycles. The van der Waals surface area contributed by atoms with Crippen LogP contribution in [0.1, 0.15) is 71.1 Å². The van der Waals surface area contributed by atoms with E-state index < -0.39 is 17.7 Å². The molecule has 1 aliphatic rings. The minimum Gasteiger partial charge on any atom is -0.391 e. The highest BCUT2D eigenvalue weighted by atomic mass is 16.5. The summed E-state index contributed by atoms with van der Waals surface area (Å²) < 4.78 is 11.3. The Morgan fingerprint density at radius 3 is 2.48 bits per heavy atom. The van der Waals surface area contributed by atoms with Crippen LogP contribution in [0.2, 0.25) is 0 Å². The van der Waals surface area contributed by atoms with Crippen molar-refractivity contribution < 1.29 is 14.4 Å². The van der Waals surface area contributed by atoms with Crippen molar-refractivity contribution in [2.45, 2.75) is 71.1 Å². The highest BCUT2D eigenvalue weighted by Crippen LogP contribution is 2.46. The number of nitrogens with two attached hydrogens (primary N) is 1. The van der Waals surface area contributed by atoms with Crippen LogP contribution in [0.15, 0.2) is 4.52 Å². The number of rotatable bonds is 5. The van der Waals surface area contributed by atoms with E-state index in [-0.39, 0.29) is 5.89 Å². The molecule has 1 aliphatic carbocycles. The first-order valence-electron chi connectivity index (χ1n) is 7.71. The van der Waals surface area contributed by atoms with E-state index in [1.54, 1.807) is 6.92 Å². The third-order valence-corrected chi connectivity index (χ3v) is 4.49. The first-order valence-corrected chi connectivity index (χ1v) is 7.71. The molecule has 0 unspecified atom stereocenters. The van der Waals surface area contributed by atoms with Crippen LogP contribution in [0.5, 0.6) is 0 Å². The molecule has 0 aromatic carbocycles. The van der Waals surface area contributed by atoms with Gasteiger partial charge in [0.15, 0.2) is 0 Å². The molecule has 1 fully saturated rings. The molecule has 0 aliphatic heterocycles. The molecule has 1 aromatic heterocycles. The van der Waals surface area contributed by atoms with Crippen molar-refractivity contribution in [1.82, 2.24) is 10.1 Å². The summed E-state index contributed by atoms with van der Waals surface area (Å²) in [5.74, 6) is 0.829. The Morgan fingerprint density at radius 1 is 1.33 bits per heavy atom. The van der Waals surface area contributed by atoms with Crippen LogP contribution in [-0.2, 0) is 10.3 Å². The molecule has 0 amide bonds. The zero-order valence-corrected chi connectivity index (χ0v) is 13.4. The van der Waals surface area contributed by atoms with Crippen molar-refractivity contribution >= 4 is 0 Å². The average Bonchev–Trinajstić information content (AvgIpc) is 2.91. The van der Waals surface area contributed by atoms with Crippen molar-refractivity contribution in [2.75, 3.05) is 6.61 Å². The first kappa shape index (κ1) is 16.4. The second-order valence-corrected chi connectivity index (χ2v) is 6.81. The van der Waals surface area contributed by atoms with Crippen molar-refractivity contribution in [3.63, 3.8) is 0 Å². The minimum absolute atomic E-state index is 0.268. The van der Waals surface area contributed by atoms with E-state index >= 15 is 0 Å². The summed E-state index contributed by atoms with van der Waals surface area (Å²) in [7, 11) is 0. The van der Waals surface area contributed by atoms with Gasteiger partial charge in [-0.05, 0) is 44.9 Å². The molecule has 6 nitrogen and oxygen atoms in total. The van der Waals surface area contributed by atoms with Gasteiger partial charge in [0.05, 0.1) is 6.10 Å². The second kappa shape index (κ2) is 6.02. The Labute approximate surface area is 126 Å². The van der Waals surface area contributed by atoms with Gasteiger partial charge in [-0.3, -0.25) is 0 Å². The van der Waals surface area contributed by atoms with Crippen LogP contribution in [0.4, 0.5) is 0 Å². The molecule has 2 atom stereocenters. The predicted molar refractivity (Wildman–Crippen MR) is 78.5 cm³/mol. The summed E-state index contributed by atoms with van der Waals surface area (Å²) in [5, 5.41) is 13.6. The van der Waals surface area contributed by atoms with E-state index in [0.717, 1.165) is 25.7 Å². The van der Waals surface area contributed by atoms with Crippen LogP contribution < -0.4 is 5.73 Å². The van der Waals surface area contributed by atoms with Gasteiger partial charge in [0.25, 0.3) is 0 Å². The lowest BCUT2D eigenvalue weighted by Crippen LogP contribution is -2.38. The molecule has 0 bridgehead atoms. The molecule has 3 N–H and O–H groups in total. The Balaban J connectivity index is 2.23. The van der Waals surface area contributed by atoms with Gasteiger partial charge in [0, 0.05) is 6.61 Å². The van der Waals surface area contributed by atoms with Crippen LogP contribution >= 0.6 is 0 Å². The van der Waals surface area contributed by atoms with Crippen molar-refractivity contribution in [3.8, 4) is 0 Å². The van der Waals surface area contributed by atoms with E-state index in [1.807, 2.05) is 6.92 Å². The minimum atomic E-state index is -0.730. The molecular formula is C15H27N3O3. The maximum Gasteiger partial charge on any atom is 0.246 e. The lowest BCUT2D eigenvalue weighted by atomic mass is 9.70. The Morgan fingerprint density at radius 2 is 1.95 bits per heavy atom. The number of ether oxygens (including phenoxy) is 1. The van der Waals surface area contributed by atoms with E-state index in [4.69, 9.17) is 15.0 Å². The van der Waals surface area contributed by atoms with Gasteiger partial charge in [0.2, 0.25) is 11.7 Å². The lowest BCUT2D eigenvalue weighted by Gasteiger charge is -2.41. The maximum absolute atomic E-state index is 9.55. The highest BCUT2D eigenvalue weighted by molar-refractivity contribution is 5.07. The summed E-state index contributed by atoms with van der Waals surface area (Å²) in [6, 6.07) is -0.662. The zero-order chi connectivity index (χ0) is 15.7. The number of aromatic nitrogens is 2. The molecule has 0 spiro atoms. The van der Waals surface area contributed by atoms with Gasteiger partial charge >= 0.3 is 0 Å². The predicted octanol–water partition coefficient (Wildman–Crippen LogP) is 2.28. The van der Waals surface area contributed by atoms with Gasteiger partial charge < -0.3 is 20.1 Å². The fourth-order valence-electron chi connectivity index (χ4n) is 2.80. The topological polar surface area (TPSA) is 94.4 Å². The van der Waals surface area contributed by atoms with Gasteiger partial charge in [-0.25, -0.2) is 0 Å². The normalized spacial score (nSPS) is 23.7. The van der Waals surface area contributed by atoms with E-state index in [2.05, 4.69) is 24.0 Å². The SMILES string of the molecule is CCOC1(c2noc([C@@H](N)[C@@H](C)O)n2)CCC(C)(C)CC1. The van der Waals surface area contributed by atoms with Gasteiger partial charge in [0.1, 0.15) is 11.6 Å². The molecule has 120 valence electrons. The van der Waals surface area contributed by atoms with Gasteiger partial charge in [-0.15, -0.1) is 0 Å². The largest absolute Gasteiger partial charge is 0.391 e. The first-order chi connectivity index (χ1) is 9.80. The summed E-state index contributed by atoms with van der Waals surface area (Å²) in [6.45, 7) is 8.73. The summed E-state index contributed by atoms with van der Waals surface area (Å²) in [4.78, 5) is 4.41. The molecule has 6 heteroatoms. The number of aliphatic hydroxyl groups excluding tert-OH is 1. The second-order valence-electron chi connectivity index (χ2n) is 6.81. The average molecular weight is 297 g/mol. The van der Waals surface area contributed by atoms with Gasteiger partial charge in [-0.2, -0.15) is 4.98 Å². The van der Waals surface area contributed by atoms with Crippen molar-refractivity contribution in [3.05, 3.63) is 11.7 Å². The molecular weight excluding hydrogens is 270 g/mol. The quantitative estimate of drug-likeness (QED) is 0.866. The fraction of sp³-hybridized carbons (Fsp3) is 0.867. The third kappa shape index (κ3) is 3.44. The fourth-order valence-corrected chi connectivity index (χ4v) is 2.80. The van der Waals surface area contributed by atoms with Crippen LogP contribution in [0.3, 0.4) is 0 Å². The molecule has 21 heavy (non-hydrogen) atoms. The zero-order valence-electron chi connectivity index (χ0n) is 13.4. The summed E-state index contributed by atoms with van der Waals surface area (Å²) >= 11 is 0. The van der Waals surface area contributed by atoms with E-state index in [9.17, 15) is 5.11 Å². The number of nitrogens with zero attached hydrogens (tertiary/aromatic N) is 2. The Kier molecular flexibility index (Phi) is 4.70. The molecule has 0 saturated heterocycles. The Hall–Kier alpha value is -0.980. The maximum atomic E-state index is 9.55. The van der Waals surface area contributed by atoms with E-state index in [0.29, 0.717) is 17.8 Å². The summed E-state index contributed by atoms with van der Waals surface area (Å²) in [6.07, 6.45) is 3.12. The smallest absolute Gasteiger partial charge is 0.246 e. The number of hydrogen-bond donors (Lipinski definition) is 2. The monoisotopic (exact) mass is 297 g/mol. The highest BCUT2D eigenvalue weighted by Gasteiger charge is 2.44. The lowest BCUT2D eigenvalue weighted by molar-refractivity contribution is -0.0957. The van der Waals surface area contributed by atoms with Crippen LogP contribution in [-0.4, -0.2) is 28.0 Å². The molecule has 1 aromatic rings. The molecule has 2 rings (SSSR count). The third-order valence-electron chi connectivity index (χ3n) is 4.49. The van der Waals surface area contributed by atoms with Crippen LogP contribution in [0, 0.1) is 5.41 Å². The van der Waals surface area contributed by atoms with Crippen LogP contribution in [0.25, 0.3) is 0 Å². The summed E-state index contributed by atoms with van der Waals surface area (Å²) in [5.41, 5.74) is 5.69. The van der Waals surface area contributed by atoms with Gasteiger partial charge in [-0.1, -0.05) is 19.0 Å².